The number of anilines is 2. The summed E-state index contributed by atoms with van der Waals surface area (Å²) < 4.78 is 10.4. The number of benzene rings is 2. The molecule has 7 nitrogen and oxygen atoms in total. The second kappa shape index (κ2) is 10.5. The highest BCUT2D eigenvalue weighted by Gasteiger charge is 2.07. The molecular formula is C21H22N2O5. The monoisotopic (exact) mass is 382 g/mol. The first-order valence-corrected chi connectivity index (χ1v) is 8.72. The van der Waals surface area contributed by atoms with Gasteiger partial charge in [0.05, 0.1) is 6.61 Å². The zero-order valence-electron chi connectivity index (χ0n) is 15.7. The molecule has 7 heteroatoms. The molecule has 0 saturated carbocycles. The van der Waals surface area contributed by atoms with Crippen LogP contribution < -0.4 is 15.4 Å². The summed E-state index contributed by atoms with van der Waals surface area (Å²) in [6.07, 6.45) is 2.81. The summed E-state index contributed by atoms with van der Waals surface area (Å²) in [6.45, 7) is 3.35. The van der Waals surface area contributed by atoms with E-state index < -0.39 is 18.5 Å². The molecule has 0 atom stereocenters. The lowest BCUT2D eigenvalue weighted by Crippen LogP contribution is -2.20. The fraction of sp³-hybridized carbons (Fsp3) is 0.190. The van der Waals surface area contributed by atoms with Crippen molar-refractivity contribution in [3.05, 3.63) is 60.2 Å². The maximum atomic E-state index is 11.9. The van der Waals surface area contributed by atoms with E-state index in [1.54, 1.807) is 36.4 Å². The Labute approximate surface area is 163 Å². The molecule has 0 fully saturated rings. The van der Waals surface area contributed by atoms with Crippen molar-refractivity contribution in [1.82, 2.24) is 0 Å². The molecule has 28 heavy (non-hydrogen) atoms. The zero-order valence-corrected chi connectivity index (χ0v) is 15.7. The quantitative estimate of drug-likeness (QED) is 0.540. The van der Waals surface area contributed by atoms with Crippen LogP contribution in [0.15, 0.2) is 54.6 Å². The number of hydrogen-bond donors (Lipinski definition) is 2. The van der Waals surface area contributed by atoms with E-state index in [-0.39, 0.29) is 5.91 Å². The van der Waals surface area contributed by atoms with Crippen LogP contribution in [0.2, 0.25) is 0 Å². The number of nitrogens with one attached hydrogen (secondary N) is 2. The van der Waals surface area contributed by atoms with Gasteiger partial charge in [-0.05, 0) is 37.3 Å². The Morgan fingerprint density at radius 1 is 1.00 bits per heavy atom. The van der Waals surface area contributed by atoms with Crippen LogP contribution in [0.3, 0.4) is 0 Å². The average molecular weight is 382 g/mol. The Balaban J connectivity index is 1.86. The molecule has 0 unspecified atom stereocenters. The van der Waals surface area contributed by atoms with Crippen LogP contribution in [0, 0.1) is 0 Å². The lowest BCUT2D eigenvalue weighted by atomic mass is 10.2. The highest BCUT2D eigenvalue weighted by Crippen LogP contribution is 2.19. The van der Waals surface area contributed by atoms with E-state index in [9.17, 15) is 14.4 Å². The second-order valence-electron chi connectivity index (χ2n) is 5.72. The van der Waals surface area contributed by atoms with Crippen LogP contribution in [0.25, 0.3) is 6.08 Å². The van der Waals surface area contributed by atoms with Gasteiger partial charge in [0.15, 0.2) is 6.61 Å². The van der Waals surface area contributed by atoms with Crippen LogP contribution in [0.4, 0.5) is 11.4 Å². The number of carbonyl (C=O) groups excluding carboxylic acids is 3. The zero-order chi connectivity index (χ0) is 20.4. The Hall–Kier alpha value is -3.61. The number of carbonyl (C=O) groups is 3. The Bertz CT molecular complexity index is 877. The molecule has 0 aromatic heterocycles. The van der Waals surface area contributed by atoms with Crippen molar-refractivity contribution in [2.75, 3.05) is 23.8 Å². The van der Waals surface area contributed by atoms with Gasteiger partial charge in [-0.15, -0.1) is 0 Å². The maximum absolute atomic E-state index is 11.9. The number of para-hydroxylation sites is 1. The number of amides is 2. The fourth-order valence-corrected chi connectivity index (χ4v) is 2.32. The van der Waals surface area contributed by atoms with Gasteiger partial charge in [-0.2, -0.15) is 0 Å². The Morgan fingerprint density at radius 3 is 2.43 bits per heavy atom. The summed E-state index contributed by atoms with van der Waals surface area (Å²) in [5.41, 5.74) is 1.77. The molecule has 0 aliphatic rings. The minimum Gasteiger partial charge on any atom is -0.493 e. The molecule has 0 aliphatic heterocycles. The van der Waals surface area contributed by atoms with Crippen LogP contribution in [0.1, 0.15) is 19.4 Å². The van der Waals surface area contributed by atoms with Gasteiger partial charge in [0.2, 0.25) is 5.91 Å². The Morgan fingerprint density at radius 2 is 1.71 bits per heavy atom. The topological polar surface area (TPSA) is 93.7 Å². The van der Waals surface area contributed by atoms with E-state index in [1.807, 2.05) is 25.1 Å². The SMILES string of the molecule is CCOc1ccccc1/C=C/C(=O)OCC(=O)Nc1cccc(NC(C)=O)c1. The number of hydrogen-bond acceptors (Lipinski definition) is 5. The summed E-state index contributed by atoms with van der Waals surface area (Å²) >= 11 is 0. The summed E-state index contributed by atoms with van der Waals surface area (Å²) in [7, 11) is 0. The first-order chi connectivity index (χ1) is 13.5. The number of ether oxygens (including phenoxy) is 2. The van der Waals surface area contributed by atoms with E-state index in [0.29, 0.717) is 23.7 Å². The van der Waals surface area contributed by atoms with Crippen molar-refractivity contribution >= 4 is 35.2 Å². The van der Waals surface area contributed by atoms with Gasteiger partial charge in [0, 0.05) is 29.9 Å². The number of rotatable bonds is 8. The third-order valence-corrected chi connectivity index (χ3v) is 3.43. The third kappa shape index (κ3) is 6.95. The molecule has 2 rings (SSSR count). The molecule has 0 radical (unpaired) electrons. The van der Waals surface area contributed by atoms with Crippen molar-refractivity contribution in [3.8, 4) is 5.75 Å². The molecule has 0 spiro atoms. The molecule has 2 aromatic rings. The van der Waals surface area contributed by atoms with Crippen LogP contribution in [0.5, 0.6) is 5.75 Å². The summed E-state index contributed by atoms with van der Waals surface area (Å²) in [5.74, 6) is -0.689. The van der Waals surface area contributed by atoms with Crippen molar-refractivity contribution in [2.45, 2.75) is 13.8 Å². The van der Waals surface area contributed by atoms with Crippen LogP contribution in [-0.4, -0.2) is 31.0 Å². The third-order valence-electron chi connectivity index (χ3n) is 3.43. The maximum Gasteiger partial charge on any atom is 0.331 e. The van der Waals surface area contributed by atoms with Crippen molar-refractivity contribution < 1.29 is 23.9 Å². The molecule has 2 aromatic carbocycles. The van der Waals surface area contributed by atoms with Crippen molar-refractivity contribution in [2.24, 2.45) is 0 Å². The minimum atomic E-state index is -0.645. The lowest BCUT2D eigenvalue weighted by molar-refractivity contribution is -0.142. The van der Waals surface area contributed by atoms with E-state index in [0.717, 1.165) is 5.56 Å². The van der Waals surface area contributed by atoms with E-state index in [2.05, 4.69) is 10.6 Å². The molecule has 146 valence electrons. The molecular weight excluding hydrogens is 360 g/mol. The summed E-state index contributed by atoms with van der Waals surface area (Å²) in [6, 6.07) is 13.9. The predicted molar refractivity (Wildman–Crippen MR) is 107 cm³/mol. The molecule has 2 N–H and O–H groups in total. The molecule has 0 heterocycles. The van der Waals surface area contributed by atoms with Crippen molar-refractivity contribution in [1.29, 1.82) is 0 Å². The smallest absolute Gasteiger partial charge is 0.331 e. The highest BCUT2D eigenvalue weighted by molar-refractivity contribution is 5.96. The van der Waals surface area contributed by atoms with Gasteiger partial charge >= 0.3 is 5.97 Å². The standard InChI is InChI=1S/C21H22N2O5/c1-3-27-19-10-5-4-7-16(19)11-12-21(26)28-14-20(25)23-18-9-6-8-17(13-18)22-15(2)24/h4-13H,3,14H2,1-2H3,(H,22,24)(H,23,25)/b12-11+. The van der Waals surface area contributed by atoms with Crippen molar-refractivity contribution in [3.63, 3.8) is 0 Å². The van der Waals surface area contributed by atoms with Gasteiger partial charge in [0.1, 0.15) is 5.75 Å². The first kappa shape index (κ1) is 20.7. The summed E-state index contributed by atoms with van der Waals surface area (Å²) in [4.78, 5) is 34.9. The molecule has 2 amide bonds. The largest absolute Gasteiger partial charge is 0.493 e. The molecule has 0 saturated heterocycles. The first-order valence-electron chi connectivity index (χ1n) is 8.72. The van der Waals surface area contributed by atoms with E-state index >= 15 is 0 Å². The fourth-order valence-electron chi connectivity index (χ4n) is 2.32. The predicted octanol–water partition coefficient (Wildman–Crippen LogP) is 3.24. The molecule has 0 aliphatic carbocycles. The average Bonchev–Trinajstić information content (AvgIpc) is 2.65. The van der Waals surface area contributed by atoms with E-state index in [4.69, 9.17) is 9.47 Å². The van der Waals surface area contributed by atoms with Gasteiger partial charge in [0.25, 0.3) is 5.91 Å². The van der Waals surface area contributed by atoms with Gasteiger partial charge in [-0.1, -0.05) is 24.3 Å². The van der Waals surface area contributed by atoms with Gasteiger partial charge in [-0.25, -0.2) is 4.79 Å². The van der Waals surface area contributed by atoms with Crippen LogP contribution in [-0.2, 0) is 19.1 Å². The second-order valence-corrected chi connectivity index (χ2v) is 5.72. The number of esters is 1. The molecule has 0 bridgehead atoms. The minimum absolute atomic E-state index is 0.213. The van der Waals surface area contributed by atoms with Gasteiger partial charge < -0.3 is 20.1 Å². The summed E-state index contributed by atoms with van der Waals surface area (Å²) in [5, 5.41) is 5.22. The van der Waals surface area contributed by atoms with Gasteiger partial charge in [-0.3, -0.25) is 9.59 Å². The van der Waals surface area contributed by atoms with Crippen LogP contribution >= 0.6 is 0 Å². The van der Waals surface area contributed by atoms with E-state index in [1.165, 1.54) is 13.0 Å². The normalized spacial score (nSPS) is 10.4. The lowest BCUT2D eigenvalue weighted by Gasteiger charge is -2.08. The highest BCUT2D eigenvalue weighted by atomic mass is 16.5. The Kier molecular flexibility index (Phi) is 7.77.